The smallest absolute Gasteiger partial charge is 0.0110 e. The first-order valence-electron chi connectivity index (χ1n) is 5.66. The molecule has 0 saturated carbocycles. The van der Waals surface area contributed by atoms with Crippen molar-refractivity contribution in [1.29, 1.82) is 0 Å². The van der Waals surface area contributed by atoms with Gasteiger partial charge in [0.25, 0.3) is 0 Å². The van der Waals surface area contributed by atoms with Crippen LogP contribution in [0.3, 0.4) is 0 Å². The van der Waals surface area contributed by atoms with Crippen LogP contribution in [0.25, 0.3) is 11.1 Å². The zero-order valence-corrected chi connectivity index (χ0v) is 10.6. The van der Waals surface area contributed by atoms with Gasteiger partial charge in [-0.25, -0.2) is 0 Å². The number of hydrogen-bond donors (Lipinski definition) is 0. The van der Waals surface area contributed by atoms with Crippen LogP contribution in [0.2, 0.25) is 0 Å². The van der Waals surface area contributed by atoms with Crippen LogP contribution < -0.4 is 0 Å². The molecule has 1 heteroatoms. The summed E-state index contributed by atoms with van der Waals surface area (Å²) >= 11 is 3.56. The van der Waals surface area contributed by atoms with Crippen LogP contribution in [-0.4, -0.2) is 5.33 Å². The third-order valence-electron chi connectivity index (χ3n) is 3.36. The fourth-order valence-electron chi connectivity index (χ4n) is 2.68. The van der Waals surface area contributed by atoms with Crippen LogP contribution in [0.15, 0.2) is 48.5 Å². The van der Waals surface area contributed by atoms with E-state index in [4.69, 9.17) is 0 Å². The van der Waals surface area contributed by atoms with E-state index in [1.54, 1.807) is 0 Å². The SMILES string of the molecule is BrCCC1c2ccccc2-c2ccccc21. The van der Waals surface area contributed by atoms with Gasteiger partial charge in [0.05, 0.1) is 0 Å². The highest BCUT2D eigenvalue weighted by Gasteiger charge is 2.26. The summed E-state index contributed by atoms with van der Waals surface area (Å²) in [5.74, 6) is 0.576. The summed E-state index contributed by atoms with van der Waals surface area (Å²) in [5, 5.41) is 1.06. The first kappa shape index (κ1) is 10.1. The maximum Gasteiger partial charge on any atom is 0.0110 e. The summed E-state index contributed by atoms with van der Waals surface area (Å²) in [4.78, 5) is 0. The molecule has 0 nitrogen and oxygen atoms in total. The van der Waals surface area contributed by atoms with E-state index in [-0.39, 0.29) is 0 Å². The minimum Gasteiger partial charge on any atom is -0.0928 e. The lowest BCUT2D eigenvalue weighted by Gasteiger charge is -2.11. The summed E-state index contributed by atoms with van der Waals surface area (Å²) < 4.78 is 0. The molecule has 0 N–H and O–H groups in total. The highest BCUT2D eigenvalue weighted by atomic mass is 79.9. The second kappa shape index (κ2) is 4.06. The Morgan fingerprint density at radius 2 is 1.31 bits per heavy atom. The van der Waals surface area contributed by atoms with Gasteiger partial charge in [-0.15, -0.1) is 0 Å². The Balaban J connectivity index is 2.21. The molecule has 0 saturated heterocycles. The monoisotopic (exact) mass is 272 g/mol. The van der Waals surface area contributed by atoms with Gasteiger partial charge in [-0.3, -0.25) is 0 Å². The standard InChI is InChI=1S/C15H13Br/c16-10-9-15-13-7-3-1-5-11(13)12-6-2-4-8-14(12)15/h1-8,15H,9-10H2. The number of benzene rings is 2. The third-order valence-corrected chi connectivity index (χ3v) is 3.82. The van der Waals surface area contributed by atoms with Crippen LogP contribution >= 0.6 is 15.9 Å². The molecule has 0 bridgehead atoms. The van der Waals surface area contributed by atoms with E-state index in [1.165, 1.54) is 28.7 Å². The summed E-state index contributed by atoms with van der Waals surface area (Å²) in [5.41, 5.74) is 5.82. The highest BCUT2D eigenvalue weighted by Crippen LogP contribution is 2.46. The summed E-state index contributed by atoms with van der Waals surface area (Å²) in [7, 11) is 0. The zero-order chi connectivity index (χ0) is 11.0. The van der Waals surface area contributed by atoms with Crippen LogP contribution in [0.1, 0.15) is 23.5 Å². The van der Waals surface area contributed by atoms with Gasteiger partial charge in [0, 0.05) is 11.2 Å². The maximum atomic E-state index is 3.56. The Morgan fingerprint density at radius 1 is 0.812 bits per heavy atom. The van der Waals surface area contributed by atoms with Crippen molar-refractivity contribution < 1.29 is 0 Å². The number of hydrogen-bond acceptors (Lipinski definition) is 0. The molecule has 0 spiro atoms. The number of rotatable bonds is 2. The Bertz CT molecular complexity index is 471. The average Bonchev–Trinajstić information content (AvgIpc) is 2.66. The molecule has 2 aromatic carbocycles. The van der Waals surface area contributed by atoms with Gasteiger partial charge in [0.15, 0.2) is 0 Å². The summed E-state index contributed by atoms with van der Waals surface area (Å²) in [6.07, 6.45) is 1.17. The van der Waals surface area contributed by atoms with Gasteiger partial charge in [-0.2, -0.15) is 0 Å². The van der Waals surface area contributed by atoms with E-state index in [0.717, 1.165) is 5.33 Å². The van der Waals surface area contributed by atoms with Gasteiger partial charge in [0.2, 0.25) is 0 Å². The highest BCUT2D eigenvalue weighted by molar-refractivity contribution is 9.09. The van der Waals surface area contributed by atoms with Crippen LogP contribution in [0.5, 0.6) is 0 Å². The lowest BCUT2D eigenvalue weighted by Crippen LogP contribution is -1.96. The fraction of sp³-hybridized carbons (Fsp3) is 0.200. The summed E-state index contributed by atoms with van der Waals surface area (Å²) in [6, 6.07) is 17.6. The molecule has 0 aromatic heterocycles. The number of alkyl halides is 1. The lowest BCUT2D eigenvalue weighted by atomic mass is 9.95. The van der Waals surface area contributed by atoms with Gasteiger partial charge in [-0.1, -0.05) is 64.5 Å². The van der Waals surface area contributed by atoms with Crippen molar-refractivity contribution in [2.45, 2.75) is 12.3 Å². The van der Waals surface area contributed by atoms with Crippen molar-refractivity contribution in [1.82, 2.24) is 0 Å². The van der Waals surface area contributed by atoms with Crippen molar-refractivity contribution >= 4 is 15.9 Å². The Hall–Kier alpha value is -1.08. The van der Waals surface area contributed by atoms with Crippen LogP contribution in [-0.2, 0) is 0 Å². The molecule has 2 aromatic rings. The molecule has 0 aliphatic heterocycles. The van der Waals surface area contributed by atoms with E-state index >= 15 is 0 Å². The predicted molar refractivity (Wildman–Crippen MR) is 72.1 cm³/mol. The van der Waals surface area contributed by atoms with Crippen LogP contribution in [0, 0.1) is 0 Å². The molecule has 0 atom stereocenters. The molecule has 0 unspecified atom stereocenters. The average molecular weight is 273 g/mol. The van der Waals surface area contributed by atoms with Crippen molar-refractivity contribution in [3.05, 3.63) is 59.7 Å². The quantitative estimate of drug-likeness (QED) is 0.702. The molecule has 0 amide bonds. The van der Waals surface area contributed by atoms with Crippen molar-refractivity contribution in [2.24, 2.45) is 0 Å². The van der Waals surface area contributed by atoms with Gasteiger partial charge in [0.1, 0.15) is 0 Å². The molecule has 16 heavy (non-hydrogen) atoms. The topological polar surface area (TPSA) is 0 Å². The molecule has 80 valence electrons. The first-order chi connectivity index (χ1) is 7.92. The Morgan fingerprint density at radius 3 is 1.81 bits per heavy atom. The minimum absolute atomic E-state index is 0.576. The normalized spacial score (nSPS) is 13.6. The molecule has 1 aliphatic rings. The van der Waals surface area contributed by atoms with E-state index in [1.807, 2.05) is 0 Å². The van der Waals surface area contributed by atoms with Crippen molar-refractivity contribution in [2.75, 3.05) is 5.33 Å². The molecule has 0 radical (unpaired) electrons. The molecular weight excluding hydrogens is 260 g/mol. The van der Waals surface area contributed by atoms with Gasteiger partial charge >= 0.3 is 0 Å². The second-order valence-corrected chi connectivity index (χ2v) is 5.00. The molecule has 1 aliphatic carbocycles. The van der Waals surface area contributed by atoms with E-state index in [0.29, 0.717) is 5.92 Å². The van der Waals surface area contributed by atoms with Gasteiger partial charge < -0.3 is 0 Å². The second-order valence-electron chi connectivity index (χ2n) is 4.20. The number of fused-ring (bicyclic) bond motifs is 3. The van der Waals surface area contributed by atoms with Gasteiger partial charge in [-0.05, 0) is 28.7 Å². The Kier molecular flexibility index (Phi) is 2.56. The lowest BCUT2D eigenvalue weighted by molar-refractivity contribution is 0.810. The van der Waals surface area contributed by atoms with E-state index in [9.17, 15) is 0 Å². The maximum absolute atomic E-state index is 3.56. The predicted octanol–water partition coefficient (Wildman–Crippen LogP) is 4.58. The van der Waals surface area contributed by atoms with Crippen LogP contribution in [0.4, 0.5) is 0 Å². The fourth-order valence-corrected chi connectivity index (χ4v) is 3.14. The molecule has 3 rings (SSSR count). The Labute approximate surface area is 104 Å². The zero-order valence-electron chi connectivity index (χ0n) is 8.99. The van der Waals surface area contributed by atoms with Crippen molar-refractivity contribution in [3.8, 4) is 11.1 Å². The van der Waals surface area contributed by atoms with Crippen molar-refractivity contribution in [3.63, 3.8) is 0 Å². The first-order valence-corrected chi connectivity index (χ1v) is 6.78. The molecular formula is C15H13Br. The summed E-state index contributed by atoms with van der Waals surface area (Å²) in [6.45, 7) is 0. The largest absolute Gasteiger partial charge is 0.0928 e. The van der Waals surface area contributed by atoms with E-state index < -0.39 is 0 Å². The van der Waals surface area contributed by atoms with E-state index in [2.05, 4.69) is 64.5 Å². The molecule has 0 heterocycles. The number of halogens is 1. The minimum atomic E-state index is 0.576. The molecule has 0 fully saturated rings. The third kappa shape index (κ3) is 1.42.